The Balaban J connectivity index is 1.55. The number of carbonyl (C=O) groups is 2. The van der Waals surface area contributed by atoms with Crippen LogP contribution in [-0.2, 0) is 11.2 Å². The van der Waals surface area contributed by atoms with Gasteiger partial charge in [-0.1, -0.05) is 84.0 Å². The molecule has 1 unspecified atom stereocenters. The number of thioether (sulfide) groups is 1. The number of nitrogens with one attached hydrogen (secondary N) is 2. The van der Waals surface area contributed by atoms with E-state index in [1.807, 2.05) is 66.7 Å². The maximum Gasteiger partial charge on any atom is 0.251 e. The standard InChI is InChI=1S/C28H23ClN2O3S/c29-22-14-12-20(13-15-22)27(33)31-25(28(34)35-16-6-9-19-7-2-1-3-8-19)17-21-18-26(32)30-24-11-5-4-10-23(21)24/h1-15,18,25H,16-17H2,(H,30,32)(H,31,33). The molecule has 0 saturated heterocycles. The number of benzene rings is 3. The van der Waals surface area contributed by atoms with E-state index in [4.69, 9.17) is 11.6 Å². The molecule has 0 radical (unpaired) electrons. The van der Waals surface area contributed by atoms with E-state index in [1.165, 1.54) is 6.07 Å². The molecule has 0 fully saturated rings. The van der Waals surface area contributed by atoms with Crippen molar-refractivity contribution >= 4 is 51.4 Å². The molecule has 0 aliphatic rings. The van der Waals surface area contributed by atoms with Gasteiger partial charge < -0.3 is 10.3 Å². The third-order valence-corrected chi connectivity index (χ3v) is 6.57. The van der Waals surface area contributed by atoms with Crippen LogP contribution in [0.2, 0.25) is 5.02 Å². The average molecular weight is 503 g/mol. The van der Waals surface area contributed by atoms with E-state index < -0.39 is 6.04 Å². The van der Waals surface area contributed by atoms with E-state index in [0.717, 1.165) is 22.7 Å². The van der Waals surface area contributed by atoms with Crippen LogP contribution in [0.3, 0.4) is 0 Å². The maximum absolute atomic E-state index is 13.2. The molecule has 0 aliphatic carbocycles. The molecule has 4 rings (SSSR count). The normalized spacial score (nSPS) is 12.0. The smallest absolute Gasteiger partial charge is 0.251 e. The number of rotatable bonds is 8. The topological polar surface area (TPSA) is 79.0 Å². The van der Waals surface area contributed by atoms with E-state index in [2.05, 4.69) is 10.3 Å². The summed E-state index contributed by atoms with van der Waals surface area (Å²) in [5.74, 6) is 0.0755. The molecule has 1 aromatic heterocycles. The molecule has 2 N–H and O–H groups in total. The van der Waals surface area contributed by atoms with Crippen LogP contribution in [0.5, 0.6) is 0 Å². The fourth-order valence-electron chi connectivity index (χ4n) is 3.68. The first-order chi connectivity index (χ1) is 17.0. The predicted octanol–water partition coefficient (Wildman–Crippen LogP) is 5.50. The molecule has 0 aliphatic heterocycles. The Kier molecular flexibility index (Phi) is 8.19. The van der Waals surface area contributed by atoms with Gasteiger partial charge in [0.05, 0.1) is 0 Å². The maximum atomic E-state index is 13.2. The first-order valence-electron chi connectivity index (χ1n) is 11.1. The highest BCUT2D eigenvalue weighted by Gasteiger charge is 2.23. The number of aromatic nitrogens is 1. The van der Waals surface area contributed by atoms with Crippen LogP contribution in [0, 0.1) is 0 Å². The molecule has 0 bridgehead atoms. The number of H-pyrrole nitrogens is 1. The number of pyridine rings is 1. The molecular formula is C28H23ClN2O3S. The Morgan fingerprint density at radius 1 is 0.971 bits per heavy atom. The summed E-state index contributed by atoms with van der Waals surface area (Å²) in [5.41, 5.74) is 2.57. The number of hydrogen-bond acceptors (Lipinski definition) is 4. The molecule has 35 heavy (non-hydrogen) atoms. The van der Waals surface area contributed by atoms with Gasteiger partial charge in [0.2, 0.25) is 10.7 Å². The van der Waals surface area contributed by atoms with Gasteiger partial charge in [-0.2, -0.15) is 0 Å². The van der Waals surface area contributed by atoms with Gasteiger partial charge >= 0.3 is 0 Å². The third kappa shape index (κ3) is 6.72. The highest BCUT2D eigenvalue weighted by atomic mass is 35.5. The van der Waals surface area contributed by atoms with Gasteiger partial charge in [-0.05, 0) is 41.5 Å². The lowest BCUT2D eigenvalue weighted by atomic mass is 10.0. The molecular weight excluding hydrogens is 480 g/mol. The number of halogens is 1. The zero-order chi connectivity index (χ0) is 24.6. The summed E-state index contributed by atoms with van der Waals surface area (Å²) in [6.45, 7) is 0. The largest absolute Gasteiger partial charge is 0.341 e. The molecule has 0 saturated carbocycles. The SMILES string of the molecule is O=C(NC(Cc1cc(=O)[nH]c2ccccc12)C(=O)SCC=Cc1ccccc1)c1ccc(Cl)cc1. The Labute approximate surface area is 212 Å². The van der Waals surface area contributed by atoms with Gasteiger partial charge in [0.25, 0.3) is 5.91 Å². The van der Waals surface area contributed by atoms with Crippen molar-refractivity contribution in [2.75, 3.05) is 5.75 Å². The molecule has 1 atom stereocenters. The second-order valence-electron chi connectivity index (χ2n) is 7.88. The minimum absolute atomic E-state index is 0.186. The summed E-state index contributed by atoms with van der Waals surface area (Å²) < 4.78 is 0. The summed E-state index contributed by atoms with van der Waals surface area (Å²) in [5, 5.41) is 4.02. The van der Waals surface area contributed by atoms with E-state index in [9.17, 15) is 14.4 Å². The number of amides is 1. The molecule has 1 heterocycles. The molecule has 1 amide bonds. The second-order valence-corrected chi connectivity index (χ2v) is 9.35. The summed E-state index contributed by atoms with van der Waals surface area (Å²) in [6, 6.07) is 24.3. The lowest BCUT2D eigenvalue weighted by Crippen LogP contribution is -2.41. The molecule has 7 heteroatoms. The molecule has 4 aromatic rings. The first kappa shape index (κ1) is 24.5. The Hall–Kier alpha value is -3.61. The summed E-state index contributed by atoms with van der Waals surface area (Å²) in [7, 11) is 0. The monoisotopic (exact) mass is 502 g/mol. The van der Waals surface area contributed by atoms with Crippen LogP contribution < -0.4 is 10.9 Å². The zero-order valence-electron chi connectivity index (χ0n) is 18.7. The van der Waals surface area contributed by atoms with Crippen molar-refractivity contribution in [2.24, 2.45) is 0 Å². The number of fused-ring (bicyclic) bond motifs is 1. The van der Waals surface area contributed by atoms with Gasteiger partial charge in [-0.15, -0.1) is 0 Å². The predicted molar refractivity (Wildman–Crippen MR) is 144 cm³/mol. The van der Waals surface area contributed by atoms with Crippen LogP contribution in [0.4, 0.5) is 0 Å². The quantitative estimate of drug-likeness (QED) is 0.333. The molecule has 3 aromatic carbocycles. The van der Waals surface area contributed by atoms with Gasteiger partial charge in [0, 0.05) is 39.7 Å². The Morgan fingerprint density at radius 3 is 2.46 bits per heavy atom. The number of aromatic amines is 1. The Morgan fingerprint density at radius 2 is 1.69 bits per heavy atom. The van der Waals surface area contributed by atoms with Crippen molar-refractivity contribution in [1.29, 1.82) is 0 Å². The third-order valence-electron chi connectivity index (χ3n) is 5.39. The van der Waals surface area contributed by atoms with Crippen LogP contribution in [0.25, 0.3) is 17.0 Å². The highest BCUT2D eigenvalue weighted by molar-refractivity contribution is 8.13. The van der Waals surface area contributed by atoms with E-state index in [1.54, 1.807) is 24.3 Å². The number of hydrogen-bond donors (Lipinski definition) is 2. The van der Waals surface area contributed by atoms with Crippen molar-refractivity contribution in [3.05, 3.63) is 123 Å². The van der Waals surface area contributed by atoms with Crippen molar-refractivity contribution in [1.82, 2.24) is 10.3 Å². The lowest BCUT2D eigenvalue weighted by Gasteiger charge is -2.18. The summed E-state index contributed by atoms with van der Waals surface area (Å²) in [4.78, 5) is 41.1. The van der Waals surface area contributed by atoms with E-state index in [0.29, 0.717) is 27.4 Å². The fraction of sp³-hybridized carbons (Fsp3) is 0.107. The van der Waals surface area contributed by atoms with Crippen molar-refractivity contribution in [3.8, 4) is 0 Å². The average Bonchev–Trinajstić information content (AvgIpc) is 2.87. The summed E-state index contributed by atoms with van der Waals surface area (Å²) in [6.07, 6.45) is 4.06. The van der Waals surface area contributed by atoms with Gasteiger partial charge in [-0.25, -0.2) is 0 Å². The van der Waals surface area contributed by atoms with Crippen molar-refractivity contribution in [2.45, 2.75) is 12.5 Å². The van der Waals surface area contributed by atoms with Crippen LogP contribution in [0.1, 0.15) is 21.5 Å². The van der Waals surface area contributed by atoms with Crippen LogP contribution in [0.15, 0.2) is 95.8 Å². The minimum Gasteiger partial charge on any atom is -0.341 e. The summed E-state index contributed by atoms with van der Waals surface area (Å²) >= 11 is 7.06. The van der Waals surface area contributed by atoms with Crippen LogP contribution >= 0.6 is 23.4 Å². The van der Waals surface area contributed by atoms with Crippen LogP contribution in [-0.4, -0.2) is 27.8 Å². The number of carbonyl (C=O) groups excluding carboxylic acids is 2. The van der Waals surface area contributed by atoms with E-state index >= 15 is 0 Å². The zero-order valence-corrected chi connectivity index (χ0v) is 20.3. The Bertz CT molecular complexity index is 1420. The fourth-order valence-corrected chi connectivity index (χ4v) is 4.51. The lowest BCUT2D eigenvalue weighted by molar-refractivity contribution is -0.112. The highest BCUT2D eigenvalue weighted by Crippen LogP contribution is 2.19. The number of para-hydroxylation sites is 1. The minimum atomic E-state index is -0.821. The first-order valence-corrected chi connectivity index (χ1v) is 12.4. The van der Waals surface area contributed by atoms with Gasteiger partial charge in [-0.3, -0.25) is 14.4 Å². The van der Waals surface area contributed by atoms with Crippen molar-refractivity contribution in [3.63, 3.8) is 0 Å². The van der Waals surface area contributed by atoms with Gasteiger partial charge in [0.1, 0.15) is 6.04 Å². The second kappa shape index (κ2) is 11.7. The molecule has 0 spiro atoms. The molecule has 176 valence electrons. The van der Waals surface area contributed by atoms with E-state index in [-0.39, 0.29) is 23.0 Å². The van der Waals surface area contributed by atoms with Gasteiger partial charge in [0.15, 0.2) is 0 Å². The van der Waals surface area contributed by atoms with Crippen molar-refractivity contribution < 1.29 is 9.59 Å². The molecule has 5 nitrogen and oxygen atoms in total.